The Morgan fingerprint density at radius 2 is 1.76 bits per heavy atom. The molecule has 0 unspecified atom stereocenters. The third kappa shape index (κ3) is 5.20. The molecule has 1 heterocycles. The highest BCUT2D eigenvalue weighted by Crippen LogP contribution is 2.27. The van der Waals surface area contributed by atoms with Gasteiger partial charge in [0.15, 0.2) is 0 Å². The van der Waals surface area contributed by atoms with Crippen molar-refractivity contribution in [1.29, 1.82) is 0 Å². The number of carboxylic acid groups (broad SMARTS) is 2. The van der Waals surface area contributed by atoms with E-state index in [0.717, 1.165) is 11.1 Å². The van der Waals surface area contributed by atoms with Crippen molar-refractivity contribution in [3.63, 3.8) is 0 Å². The lowest BCUT2D eigenvalue weighted by atomic mass is 10.0. The van der Waals surface area contributed by atoms with E-state index < -0.39 is 36.5 Å². The number of para-hydroxylation sites is 1. The van der Waals surface area contributed by atoms with Crippen LogP contribution in [-0.2, 0) is 27.2 Å². The van der Waals surface area contributed by atoms with Gasteiger partial charge in [0, 0.05) is 5.69 Å². The number of nitrogens with zero attached hydrogens (tertiary/aromatic N) is 1. The lowest BCUT2D eigenvalue weighted by Gasteiger charge is -2.26. The normalized spacial score (nSPS) is 17.3. The summed E-state index contributed by atoms with van der Waals surface area (Å²) in [4.78, 5) is 37.4. The Bertz CT molecular complexity index is 884. The maximum Gasteiger partial charge on any atom is 0.323 e. The van der Waals surface area contributed by atoms with E-state index in [4.69, 9.17) is 0 Å². The van der Waals surface area contributed by atoms with E-state index >= 15 is 0 Å². The second-order valence-electron chi connectivity index (χ2n) is 7.12. The Labute approximate surface area is 169 Å². The molecule has 7 nitrogen and oxygen atoms in total. The second-order valence-corrected chi connectivity index (χ2v) is 7.12. The molecule has 0 radical (unpaired) electrons. The van der Waals surface area contributed by atoms with E-state index in [-0.39, 0.29) is 0 Å². The van der Waals surface area contributed by atoms with Crippen LogP contribution in [0.3, 0.4) is 0 Å². The van der Waals surface area contributed by atoms with Gasteiger partial charge in [0.2, 0.25) is 5.91 Å². The molecule has 0 saturated heterocycles. The number of nitrogens with one attached hydrogen (secondary N) is 1. The van der Waals surface area contributed by atoms with Gasteiger partial charge in [0.1, 0.15) is 12.6 Å². The molecule has 2 aromatic carbocycles. The zero-order chi connectivity index (χ0) is 20.8. The highest BCUT2D eigenvalue weighted by molar-refractivity contribution is 6.02. The number of aryl methyl sites for hydroxylation is 2. The van der Waals surface area contributed by atoms with Crippen LogP contribution in [0.15, 0.2) is 54.6 Å². The Balaban J connectivity index is 1.77. The number of carbonyl (C=O) groups excluding carboxylic acids is 1. The highest BCUT2D eigenvalue weighted by atomic mass is 16.4. The number of rotatable bonds is 8. The first-order valence-corrected chi connectivity index (χ1v) is 9.59. The van der Waals surface area contributed by atoms with Crippen LogP contribution < -0.4 is 10.2 Å². The zero-order valence-electron chi connectivity index (χ0n) is 16.0. The highest BCUT2D eigenvalue weighted by Gasteiger charge is 2.34. The van der Waals surface area contributed by atoms with Crippen molar-refractivity contribution in [1.82, 2.24) is 5.32 Å². The summed E-state index contributed by atoms with van der Waals surface area (Å²) in [6.45, 7) is -0.463. The largest absolute Gasteiger partial charge is 0.480 e. The third-order valence-corrected chi connectivity index (χ3v) is 5.11. The minimum absolute atomic E-state index is 0.328. The summed E-state index contributed by atoms with van der Waals surface area (Å²) in [6, 6.07) is 15.1. The fourth-order valence-electron chi connectivity index (χ4n) is 3.65. The van der Waals surface area contributed by atoms with Crippen molar-refractivity contribution in [3.05, 3.63) is 65.7 Å². The molecule has 1 aliphatic rings. The van der Waals surface area contributed by atoms with E-state index in [9.17, 15) is 24.6 Å². The van der Waals surface area contributed by atoms with Crippen molar-refractivity contribution < 1.29 is 24.6 Å². The van der Waals surface area contributed by atoms with Gasteiger partial charge in [-0.05, 0) is 42.9 Å². The summed E-state index contributed by atoms with van der Waals surface area (Å²) in [6.07, 6.45) is 1.85. The monoisotopic (exact) mass is 396 g/mol. The van der Waals surface area contributed by atoms with E-state index in [1.54, 1.807) is 12.1 Å². The molecule has 2 atom stereocenters. The molecule has 7 heteroatoms. The zero-order valence-corrected chi connectivity index (χ0v) is 16.0. The summed E-state index contributed by atoms with van der Waals surface area (Å²) >= 11 is 0. The number of hydrogen-bond donors (Lipinski definition) is 3. The topological polar surface area (TPSA) is 107 Å². The predicted molar refractivity (Wildman–Crippen MR) is 108 cm³/mol. The Kier molecular flexibility index (Phi) is 6.61. The molecule has 1 aliphatic heterocycles. The average Bonchev–Trinajstić information content (AvgIpc) is 2.83. The van der Waals surface area contributed by atoms with Crippen LogP contribution in [0.5, 0.6) is 0 Å². The summed E-state index contributed by atoms with van der Waals surface area (Å²) in [5.41, 5.74) is 2.47. The molecule has 0 fully saturated rings. The molecule has 0 spiro atoms. The molecule has 29 heavy (non-hydrogen) atoms. The number of carboxylic acids is 2. The molecule has 0 aliphatic carbocycles. The smallest absolute Gasteiger partial charge is 0.323 e. The molecule has 0 aromatic heterocycles. The quantitative estimate of drug-likeness (QED) is 0.631. The van der Waals surface area contributed by atoms with Crippen molar-refractivity contribution in [3.8, 4) is 0 Å². The van der Waals surface area contributed by atoms with Gasteiger partial charge in [0.05, 0.1) is 6.04 Å². The minimum Gasteiger partial charge on any atom is -0.480 e. The van der Waals surface area contributed by atoms with E-state index in [2.05, 4.69) is 5.32 Å². The maximum absolute atomic E-state index is 13.1. The van der Waals surface area contributed by atoms with Gasteiger partial charge >= 0.3 is 11.9 Å². The average molecular weight is 396 g/mol. The van der Waals surface area contributed by atoms with Gasteiger partial charge in [-0.2, -0.15) is 0 Å². The molecule has 1 amide bonds. The fourth-order valence-corrected chi connectivity index (χ4v) is 3.65. The van der Waals surface area contributed by atoms with Crippen molar-refractivity contribution in [2.75, 3.05) is 11.4 Å². The van der Waals surface area contributed by atoms with Crippen LogP contribution in [-0.4, -0.2) is 46.7 Å². The number of anilines is 1. The summed E-state index contributed by atoms with van der Waals surface area (Å²) in [5, 5.41) is 21.9. The minimum atomic E-state index is -1.12. The van der Waals surface area contributed by atoms with Gasteiger partial charge in [-0.15, -0.1) is 0 Å². The molecule has 3 N–H and O–H groups in total. The van der Waals surface area contributed by atoms with E-state index in [0.29, 0.717) is 31.4 Å². The first kappa shape index (κ1) is 20.5. The summed E-state index contributed by atoms with van der Waals surface area (Å²) < 4.78 is 0. The van der Waals surface area contributed by atoms with E-state index in [1.807, 2.05) is 42.5 Å². The van der Waals surface area contributed by atoms with Crippen LogP contribution in [0.25, 0.3) is 0 Å². The Morgan fingerprint density at radius 3 is 2.45 bits per heavy atom. The standard InChI is InChI=1S/C22H24N2O5/c25-20(26)14-24-19-9-5-4-8-16(19)11-13-17(21(24)27)23-18(22(28)29)12-10-15-6-2-1-3-7-15/h1-9,17-18,23H,10-14H2,(H,25,26)(H,28,29)/t17-,18-/m1/s1. The van der Waals surface area contributed by atoms with Gasteiger partial charge in [0.25, 0.3) is 0 Å². The molecule has 0 bridgehead atoms. The van der Waals surface area contributed by atoms with E-state index in [1.165, 1.54) is 4.90 Å². The Morgan fingerprint density at radius 1 is 1.07 bits per heavy atom. The van der Waals surface area contributed by atoms with Crippen molar-refractivity contribution >= 4 is 23.5 Å². The third-order valence-electron chi connectivity index (χ3n) is 5.11. The SMILES string of the molecule is O=C(O)CN1C(=O)[C@H](N[C@H](CCc2ccccc2)C(=O)O)CCc2ccccc21. The molecular formula is C22H24N2O5. The van der Waals surface area contributed by atoms with Crippen LogP contribution in [0.2, 0.25) is 0 Å². The number of hydrogen-bond acceptors (Lipinski definition) is 4. The fraction of sp³-hybridized carbons (Fsp3) is 0.318. The van der Waals surface area contributed by atoms with Crippen molar-refractivity contribution in [2.45, 2.75) is 37.8 Å². The molecule has 0 saturated carbocycles. The molecule has 152 valence electrons. The molecule has 3 rings (SSSR count). The number of carbonyl (C=O) groups is 3. The first-order chi connectivity index (χ1) is 14.0. The number of aliphatic carboxylic acids is 2. The van der Waals surface area contributed by atoms with Gasteiger partial charge in [-0.25, -0.2) is 0 Å². The number of amides is 1. The van der Waals surface area contributed by atoms with Crippen LogP contribution in [0.1, 0.15) is 24.0 Å². The van der Waals surface area contributed by atoms with Crippen LogP contribution >= 0.6 is 0 Å². The number of benzene rings is 2. The van der Waals surface area contributed by atoms with Gasteiger partial charge in [-0.1, -0.05) is 48.5 Å². The summed E-state index contributed by atoms with van der Waals surface area (Å²) in [5.74, 6) is -2.56. The van der Waals surface area contributed by atoms with Crippen LogP contribution in [0, 0.1) is 0 Å². The lowest BCUT2D eigenvalue weighted by molar-refractivity contribution is -0.140. The predicted octanol–water partition coefficient (Wildman–Crippen LogP) is 2.09. The second kappa shape index (κ2) is 9.34. The van der Waals surface area contributed by atoms with Gasteiger partial charge in [-0.3, -0.25) is 24.6 Å². The van der Waals surface area contributed by atoms with Crippen molar-refractivity contribution in [2.24, 2.45) is 0 Å². The maximum atomic E-state index is 13.1. The van der Waals surface area contributed by atoms with Crippen LogP contribution in [0.4, 0.5) is 5.69 Å². The lowest BCUT2D eigenvalue weighted by Crippen LogP contribution is -2.52. The first-order valence-electron chi connectivity index (χ1n) is 9.59. The summed E-state index contributed by atoms with van der Waals surface area (Å²) in [7, 11) is 0. The Hall–Kier alpha value is -3.19. The molecular weight excluding hydrogens is 372 g/mol. The van der Waals surface area contributed by atoms with Gasteiger partial charge < -0.3 is 10.2 Å². The molecule has 2 aromatic rings. The number of fused-ring (bicyclic) bond motifs is 1.